The number of carbonyl (C=O) groups is 2. The summed E-state index contributed by atoms with van der Waals surface area (Å²) in [5.74, 6) is 0.154. The molecular weight excluding hydrogens is 354 g/mol. The number of benzene rings is 1. The van der Waals surface area contributed by atoms with Crippen LogP contribution in [0.3, 0.4) is 0 Å². The van der Waals surface area contributed by atoms with Gasteiger partial charge in [0.2, 0.25) is 11.8 Å². The molecule has 3 N–H and O–H groups in total. The van der Waals surface area contributed by atoms with Crippen molar-refractivity contribution in [2.45, 2.75) is 39.0 Å². The smallest absolute Gasteiger partial charge is 0.227 e. The van der Waals surface area contributed by atoms with E-state index in [4.69, 9.17) is 0 Å². The Balaban J connectivity index is 1.48. The standard InChI is InChI=1S/C21H25N5O2/c1-13-5-3-7-17-16(10-22-20(13)17)9-19(28)26-8-4-6-15(12-26)21-18(11-23-25-21)24-14(2)27/h3,5,7,10-11,15,22H,4,6,8-9,12H2,1-2H3,(H,23,25)(H,24,27)/t15-/m1/s1. The van der Waals surface area contributed by atoms with Gasteiger partial charge in [-0.3, -0.25) is 14.7 Å². The molecule has 28 heavy (non-hydrogen) atoms. The maximum absolute atomic E-state index is 13.0. The number of carbonyl (C=O) groups excluding carboxylic acids is 2. The summed E-state index contributed by atoms with van der Waals surface area (Å²) in [4.78, 5) is 29.6. The van der Waals surface area contributed by atoms with E-state index in [9.17, 15) is 9.59 Å². The van der Waals surface area contributed by atoms with Crippen LogP contribution in [0.2, 0.25) is 0 Å². The molecule has 1 fully saturated rings. The Morgan fingerprint density at radius 1 is 1.36 bits per heavy atom. The molecule has 1 aliphatic rings. The van der Waals surface area contributed by atoms with Crippen LogP contribution >= 0.6 is 0 Å². The van der Waals surface area contributed by atoms with Gasteiger partial charge in [0.1, 0.15) is 0 Å². The zero-order valence-electron chi connectivity index (χ0n) is 16.2. The van der Waals surface area contributed by atoms with Gasteiger partial charge in [-0.05, 0) is 30.9 Å². The van der Waals surface area contributed by atoms with Gasteiger partial charge in [-0.15, -0.1) is 0 Å². The molecule has 0 saturated carbocycles. The van der Waals surface area contributed by atoms with Crippen LogP contribution in [0.4, 0.5) is 5.69 Å². The van der Waals surface area contributed by atoms with E-state index in [1.807, 2.05) is 17.2 Å². The number of nitrogens with one attached hydrogen (secondary N) is 3. The van der Waals surface area contributed by atoms with Crippen molar-refractivity contribution in [3.05, 3.63) is 47.4 Å². The Kier molecular flexibility index (Phi) is 4.90. The fraction of sp³-hybridized carbons (Fsp3) is 0.381. The predicted molar refractivity (Wildman–Crippen MR) is 108 cm³/mol. The second kappa shape index (κ2) is 7.50. The van der Waals surface area contributed by atoms with Crippen molar-refractivity contribution in [1.82, 2.24) is 20.1 Å². The molecule has 0 radical (unpaired) electrons. The molecule has 0 bridgehead atoms. The molecule has 7 nitrogen and oxygen atoms in total. The molecule has 3 aromatic rings. The van der Waals surface area contributed by atoms with Gasteiger partial charge in [-0.2, -0.15) is 5.10 Å². The van der Waals surface area contributed by atoms with E-state index < -0.39 is 0 Å². The highest BCUT2D eigenvalue weighted by Crippen LogP contribution is 2.31. The van der Waals surface area contributed by atoms with Crippen LogP contribution in [0.1, 0.15) is 42.5 Å². The number of aromatic nitrogens is 3. The van der Waals surface area contributed by atoms with Crippen molar-refractivity contribution in [3.63, 3.8) is 0 Å². The summed E-state index contributed by atoms with van der Waals surface area (Å²) < 4.78 is 0. The number of aryl methyl sites for hydroxylation is 1. The lowest BCUT2D eigenvalue weighted by atomic mass is 9.93. The molecule has 1 aliphatic heterocycles. The third-order valence-electron chi connectivity index (χ3n) is 5.51. The summed E-state index contributed by atoms with van der Waals surface area (Å²) in [5, 5.41) is 11.0. The molecule has 4 rings (SSSR count). The van der Waals surface area contributed by atoms with Gasteiger partial charge in [-0.1, -0.05) is 18.2 Å². The Labute approximate surface area is 163 Å². The topological polar surface area (TPSA) is 93.9 Å². The summed E-state index contributed by atoms with van der Waals surface area (Å²) in [7, 11) is 0. The van der Waals surface area contributed by atoms with Crippen molar-refractivity contribution in [1.29, 1.82) is 0 Å². The van der Waals surface area contributed by atoms with E-state index in [1.54, 1.807) is 6.20 Å². The molecule has 1 atom stereocenters. The number of fused-ring (bicyclic) bond motifs is 1. The van der Waals surface area contributed by atoms with Crippen molar-refractivity contribution in [2.75, 3.05) is 18.4 Å². The van der Waals surface area contributed by atoms with Crippen LogP contribution in [-0.4, -0.2) is 45.0 Å². The Bertz CT molecular complexity index is 1020. The summed E-state index contributed by atoms with van der Waals surface area (Å²) in [6.07, 6.45) is 5.86. The van der Waals surface area contributed by atoms with Crippen molar-refractivity contribution in [3.8, 4) is 0 Å². The average molecular weight is 379 g/mol. The Hall–Kier alpha value is -3.09. The van der Waals surface area contributed by atoms with Gasteiger partial charge in [0, 0.05) is 43.0 Å². The number of hydrogen-bond donors (Lipinski definition) is 3. The number of H-pyrrole nitrogens is 2. The van der Waals surface area contributed by atoms with E-state index in [-0.39, 0.29) is 17.7 Å². The number of aromatic amines is 2. The summed E-state index contributed by atoms with van der Waals surface area (Å²) >= 11 is 0. The molecule has 3 heterocycles. The molecule has 0 unspecified atom stereocenters. The first-order chi connectivity index (χ1) is 13.5. The third-order valence-corrected chi connectivity index (χ3v) is 5.51. The van der Waals surface area contributed by atoms with Crippen LogP contribution in [0, 0.1) is 6.92 Å². The minimum Gasteiger partial charge on any atom is -0.361 e. The molecule has 1 saturated heterocycles. The van der Waals surface area contributed by atoms with E-state index in [0.717, 1.165) is 41.5 Å². The average Bonchev–Trinajstić information content (AvgIpc) is 3.29. The van der Waals surface area contributed by atoms with Gasteiger partial charge in [0.25, 0.3) is 0 Å². The molecule has 2 aromatic heterocycles. The van der Waals surface area contributed by atoms with Crippen LogP contribution in [0.25, 0.3) is 10.9 Å². The number of rotatable bonds is 4. The zero-order chi connectivity index (χ0) is 19.7. The SMILES string of the molecule is CC(=O)Nc1cn[nH]c1[C@@H]1CCCN(C(=O)Cc2c[nH]c3c(C)cccc23)C1. The molecule has 7 heteroatoms. The molecule has 2 amide bonds. The highest BCUT2D eigenvalue weighted by atomic mass is 16.2. The van der Waals surface area contributed by atoms with E-state index in [2.05, 4.69) is 39.6 Å². The summed E-state index contributed by atoms with van der Waals surface area (Å²) in [5.41, 5.74) is 4.92. The van der Waals surface area contributed by atoms with Gasteiger partial charge in [-0.25, -0.2) is 0 Å². The van der Waals surface area contributed by atoms with Gasteiger partial charge in [0.15, 0.2) is 0 Å². The lowest BCUT2D eigenvalue weighted by Gasteiger charge is -2.32. The lowest BCUT2D eigenvalue weighted by molar-refractivity contribution is -0.131. The molecule has 146 valence electrons. The molecule has 0 spiro atoms. The predicted octanol–water partition coefficient (Wildman–Crippen LogP) is 3.11. The first kappa shape index (κ1) is 18.3. The third kappa shape index (κ3) is 3.52. The number of hydrogen-bond acceptors (Lipinski definition) is 3. The summed E-state index contributed by atoms with van der Waals surface area (Å²) in [6.45, 7) is 4.95. The van der Waals surface area contributed by atoms with Crippen LogP contribution in [0.15, 0.2) is 30.6 Å². The molecule has 1 aromatic carbocycles. The first-order valence-corrected chi connectivity index (χ1v) is 9.67. The fourth-order valence-corrected chi connectivity index (χ4v) is 4.12. The second-order valence-electron chi connectivity index (χ2n) is 7.55. The number of likely N-dealkylation sites (tertiary alicyclic amines) is 1. The number of amides is 2. The van der Waals surface area contributed by atoms with Crippen LogP contribution in [0.5, 0.6) is 0 Å². The summed E-state index contributed by atoms with van der Waals surface area (Å²) in [6, 6.07) is 6.15. The zero-order valence-corrected chi connectivity index (χ0v) is 16.2. The highest BCUT2D eigenvalue weighted by Gasteiger charge is 2.28. The van der Waals surface area contributed by atoms with Crippen molar-refractivity contribution < 1.29 is 9.59 Å². The quantitative estimate of drug-likeness (QED) is 0.650. The number of piperidine rings is 1. The maximum Gasteiger partial charge on any atom is 0.227 e. The van der Waals surface area contributed by atoms with Crippen molar-refractivity contribution >= 4 is 28.4 Å². The number of anilines is 1. The minimum absolute atomic E-state index is 0.124. The van der Waals surface area contributed by atoms with Gasteiger partial charge >= 0.3 is 0 Å². The van der Waals surface area contributed by atoms with E-state index in [0.29, 0.717) is 18.7 Å². The maximum atomic E-state index is 13.0. The Morgan fingerprint density at radius 2 is 2.21 bits per heavy atom. The lowest BCUT2D eigenvalue weighted by Crippen LogP contribution is -2.40. The van der Waals surface area contributed by atoms with Crippen molar-refractivity contribution in [2.24, 2.45) is 0 Å². The fourth-order valence-electron chi connectivity index (χ4n) is 4.12. The highest BCUT2D eigenvalue weighted by molar-refractivity contribution is 5.91. The van der Waals surface area contributed by atoms with E-state index >= 15 is 0 Å². The Morgan fingerprint density at radius 3 is 3.04 bits per heavy atom. The van der Waals surface area contributed by atoms with Crippen LogP contribution < -0.4 is 5.32 Å². The van der Waals surface area contributed by atoms with Crippen LogP contribution in [-0.2, 0) is 16.0 Å². The number of para-hydroxylation sites is 1. The monoisotopic (exact) mass is 379 g/mol. The molecular formula is C21H25N5O2. The largest absolute Gasteiger partial charge is 0.361 e. The molecule has 0 aliphatic carbocycles. The second-order valence-corrected chi connectivity index (χ2v) is 7.55. The first-order valence-electron chi connectivity index (χ1n) is 9.67. The minimum atomic E-state index is -0.124. The number of nitrogens with zero attached hydrogens (tertiary/aromatic N) is 2. The van der Waals surface area contributed by atoms with Gasteiger partial charge < -0.3 is 15.2 Å². The normalized spacial score (nSPS) is 17.1. The van der Waals surface area contributed by atoms with Gasteiger partial charge in [0.05, 0.1) is 24.0 Å². The van der Waals surface area contributed by atoms with E-state index in [1.165, 1.54) is 12.5 Å².